The highest BCUT2D eigenvalue weighted by Gasteiger charge is 2.03. The second kappa shape index (κ2) is 5.92. The molecule has 0 spiro atoms. The van der Waals surface area contributed by atoms with Crippen molar-refractivity contribution >= 4 is 22.6 Å². The molecular formula is C12H12IN3O. The van der Waals surface area contributed by atoms with Crippen LogP contribution in [0.25, 0.3) is 0 Å². The smallest absolute Gasteiger partial charge is 0.235 e. The molecule has 1 aromatic heterocycles. The summed E-state index contributed by atoms with van der Waals surface area (Å²) in [6.45, 7) is 0.657. The lowest BCUT2D eigenvalue weighted by atomic mass is 10.1. The van der Waals surface area contributed by atoms with Gasteiger partial charge in [-0.2, -0.15) is 0 Å². The van der Waals surface area contributed by atoms with Crippen LogP contribution in [0.15, 0.2) is 36.8 Å². The molecule has 88 valence electrons. The van der Waals surface area contributed by atoms with Crippen LogP contribution in [0.2, 0.25) is 0 Å². The molecule has 0 unspecified atom stereocenters. The van der Waals surface area contributed by atoms with E-state index in [9.17, 15) is 0 Å². The van der Waals surface area contributed by atoms with E-state index >= 15 is 0 Å². The number of aromatic nitrogens is 2. The number of ether oxygens (including phenoxy) is 1. The summed E-state index contributed by atoms with van der Waals surface area (Å²) < 4.78 is 6.54. The van der Waals surface area contributed by atoms with E-state index in [0.29, 0.717) is 12.4 Å². The number of hydrogen-bond acceptors (Lipinski definition) is 4. The minimum absolute atomic E-state index is 0.576. The zero-order valence-corrected chi connectivity index (χ0v) is 11.3. The van der Waals surface area contributed by atoms with Crippen molar-refractivity contribution in [3.8, 4) is 11.6 Å². The van der Waals surface area contributed by atoms with Crippen molar-refractivity contribution < 1.29 is 4.74 Å². The second-order valence-electron chi connectivity index (χ2n) is 3.46. The van der Waals surface area contributed by atoms with E-state index in [1.54, 1.807) is 6.20 Å². The molecule has 0 bridgehead atoms. The summed E-state index contributed by atoms with van der Waals surface area (Å²) in [5.41, 5.74) is 6.70. The van der Waals surface area contributed by atoms with Crippen molar-refractivity contribution in [2.24, 2.45) is 5.73 Å². The van der Waals surface area contributed by atoms with Crippen LogP contribution in [-0.4, -0.2) is 16.5 Å². The fourth-order valence-corrected chi connectivity index (χ4v) is 1.79. The monoisotopic (exact) mass is 341 g/mol. The molecule has 0 aliphatic heterocycles. The summed E-state index contributed by atoms with van der Waals surface area (Å²) in [7, 11) is 0. The molecule has 0 aliphatic rings. The molecule has 17 heavy (non-hydrogen) atoms. The van der Waals surface area contributed by atoms with Crippen LogP contribution < -0.4 is 10.5 Å². The standard InChI is InChI=1S/C12H12IN3O/c13-11-7-15-8-16-12(11)17-10-3-1-9(2-4-10)5-6-14/h1-4,7-8H,5-6,14H2. The van der Waals surface area contributed by atoms with Gasteiger partial charge in [0.05, 0.1) is 3.57 Å². The fraction of sp³-hybridized carbons (Fsp3) is 0.167. The van der Waals surface area contributed by atoms with Crippen LogP contribution in [0.4, 0.5) is 0 Å². The largest absolute Gasteiger partial charge is 0.438 e. The highest BCUT2D eigenvalue weighted by Crippen LogP contribution is 2.23. The van der Waals surface area contributed by atoms with Crippen LogP contribution in [0.1, 0.15) is 5.56 Å². The molecule has 2 aromatic rings. The molecule has 0 radical (unpaired) electrons. The molecule has 2 N–H and O–H groups in total. The van der Waals surface area contributed by atoms with E-state index in [0.717, 1.165) is 15.7 Å². The first kappa shape index (κ1) is 12.3. The predicted octanol–water partition coefficient (Wildman–Crippen LogP) is 2.37. The van der Waals surface area contributed by atoms with Crippen LogP contribution in [-0.2, 0) is 6.42 Å². The lowest BCUT2D eigenvalue weighted by Gasteiger charge is -2.06. The first-order valence-electron chi connectivity index (χ1n) is 5.22. The number of benzene rings is 1. The topological polar surface area (TPSA) is 61.0 Å². The van der Waals surface area contributed by atoms with Gasteiger partial charge in [0.1, 0.15) is 12.1 Å². The maximum Gasteiger partial charge on any atom is 0.235 e. The summed E-state index contributed by atoms with van der Waals surface area (Å²) in [6.07, 6.45) is 4.07. The van der Waals surface area contributed by atoms with Gasteiger partial charge in [-0.25, -0.2) is 9.97 Å². The SMILES string of the molecule is NCCc1ccc(Oc2ncncc2I)cc1. The molecule has 4 nitrogen and oxygen atoms in total. The van der Waals surface area contributed by atoms with Crippen LogP contribution >= 0.6 is 22.6 Å². The summed E-state index contributed by atoms with van der Waals surface area (Å²) in [5.74, 6) is 1.34. The minimum Gasteiger partial charge on any atom is -0.438 e. The molecule has 0 fully saturated rings. The lowest BCUT2D eigenvalue weighted by molar-refractivity contribution is 0.457. The average molecular weight is 341 g/mol. The van der Waals surface area contributed by atoms with Crippen LogP contribution in [0.5, 0.6) is 11.6 Å². The molecule has 1 heterocycles. The molecule has 0 aliphatic carbocycles. The molecule has 0 amide bonds. The normalized spacial score (nSPS) is 10.2. The van der Waals surface area contributed by atoms with E-state index in [2.05, 4.69) is 32.6 Å². The van der Waals surface area contributed by atoms with Gasteiger partial charge in [0.2, 0.25) is 5.88 Å². The highest BCUT2D eigenvalue weighted by molar-refractivity contribution is 14.1. The van der Waals surface area contributed by atoms with E-state index in [1.165, 1.54) is 11.9 Å². The Morgan fingerprint density at radius 2 is 2.00 bits per heavy atom. The Balaban J connectivity index is 2.11. The van der Waals surface area contributed by atoms with E-state index in [4.69, 9.17) is 10.5 Å². The summed E-state index contributed by atoms with van der Waals surface area (Å²) >= 11 is 2.14. The molecule has 5 heteroatoms. The zero-order chi connectivity index (χ0) is 12.1. The molecular weight excluding hydrogens is 329 g/mol. The molecule has 1 aromatic carbocycles. The third kappa shape index (κ3) is 3.37. The van der Waals surface area contributed by atoms with Gasteiger partial charge in [-0.1, -0.05) is 12.1 Å². The van der Waals surface area contributed by atoms with E-state index < -0.39 is 0 Å². The van der Waals surface area contributed by atoms with Crippen molar-refractivity contribution in [2.45, 2.75) is 6.42 Å². The van der Waals surface area contributed by atoms with Crippen molar-refractivity contribution in [1.82, 2.24) is 9.97 Å². The third-order valence-corrected chi connectivity index (χ3v) is 2.94. The van der Waals surface area contributed by atoms with E-state index in [1.807, 2.05) is 24.3 Å². The van der Waals surface area contributed by atoms with Gasteiger partial charge in [0.25, 0.3) is 0 Å². The summed E-state index contributed by atoms with van der Waals surface area (Å²) in [4.78, 5) is 7.98. The van der Waals surface area contributed by atoms with E-state index in [-0.39, 0.29) is 0 Å². The number of nitrogens with zero attached hydrogens (tertiary/aromatic N) is 2. The Morgan fingerprint density at radius 1 is 1.24 bits per heavy atom. The number of rotatable bonds is 4. The van der Waals surface area contributed by atoms with Gasteiger partial charge in [0.15, 0.2) is 0 Å². The van der Waals surface area contributed by atoms with Crippen molar-refractivity contribution in [2.75, 3.05) is 6.54 Å². The minimum atomic E-state index is 0.576. The van der Waals surface area contributed by atoms with Gasteiger partial charge in [0, 0.05) is 6.20 Å². The van der Waals surface area contributed by atoms with Crippen LogP contribution in [0.3, 0.4) is 0 Å². The Hall–Kier alpha value is -1.21. The Morgan fingerprint density at radius 3 is 2.65 bits per heavy atom. The third-order valence-electron chi connectivity index (χ3n) is 2.20. The Bertz CT molecular complexity index is 487. The maximum atomic E-state index is 5.65. The number of hydrogen-bond donors (Lipinski definition) is 1. The first-order chi connectivity index (χ1) is 8.29. The van der Waals surface area contributed by atoms with Crippen molar-refractivity contribution in [1.29, 1.82) is 0 Å². The Labute approximate surface area is 113 Å². The lowest BCUT2D eigenvalue weighted by Crippen LogP contribution is -2.02. The quantitative estimate of drug-likeness (QED) is 0.868. The molecule has 2 rings (SSSR count). The predicted molar refractivity (Wildman–Crippen MR) is 74.0 cm³/mol. The van der Waals surface area contributed by atoms with Gasteiger partial charge >= 0.3 is 0 Å². The summed E-state index contributed by atoms with van der Waals surface area (Å²) in [6, 6.07) is 7.86. The average Bonchev–Trinajstić information content (AvgIpc) is 2.35. The van der Waals surface area contributed by atoms with Gasteiger partial charge in [-0.15, -0.1) is 0 Å². The van der Waals surface area contributed by atoms with Crippen molar-refractivity contribution in [3.05, 3.63) is 45.9 Å². The first-order valence-corrected chi connectivity index (χ1v) is 6.30. The molecule has 0 saturated carbocycles. The highest BCUT2D eigenvalue weighted by atomic mass is 127. The van der Waals surface area contributed by atoms with Gasteiger partial charge < -0.3 is 10.5 Å². The Kier molecular flexibility index (Phi) is 4.27. The number of nitrogens with two attached hydrogens (primary N) is 1. The second-order valence-corrected chi connectivity index (χ2v) is 4.62. The molecule has 0 saturated heterocycles. The summed E-state index contributed by atoms with van der Waals surface area (Å²) in [5, 5.41) is 0. The zero-order valence-electron chi connectivity index (χ0n) is 9.14. The van der Waals surface area contributed by atoms with Gasteiger partial charge in [-0.3, -0.25) is 0 Å². The maximum absolute atomic E-state index is 5.65. The number of halogens is 1. The molecule has 0 atom stereocenters. The van der Waals surface area contributed by atoms with Crippen molar-refractivity contribution in [3.63, 3.8) is 0 Å². The van der Waals surface area contributed by atoms with Gasteiger partial charge in [-0.05, 0) is 53.3 Å². The van der Waals surface area contributed by atoms with Crippen LogP contribution in [0, 0.1) is 3.57 Å². The fourth-order valence-electron chi connectivity index (χ4n) is 1.38.